The van der Waals surface area contributed by atoms with Gasteiger partial charge in [0.25, 0.3) is 0 Å². The van der Waals surface area contributed by atoms with E-state index in [-0.39, 0.29) is 18.9 Å². The zero-order chi connectivity index (χ0) is 20.2. The Morgan fingerprint density at radius 3 is 1.89 bits per heavy atom. The predicted molar refractivity (Wildman–Crippen MR) is 111 cm³/mol. The van der Waals surface area contributed by atoms with Crippen LogP contribution in [0.2, 0.25) is 0 Å². The van der Waals surface area contributed by atoms with Crippen LogP contribution in [0, 0.1) is 0 Å². The molecule has 3 N–H and O–H groups in total. The molecule has 0 aliphatic rings. The van der Waals surface area contributed by atoms with Gasteiger partial charge in [0.05, 0.1) is 0 Å². The van der Waals surface area contributed by atoms with Crippen LogP contribution >= 0.6 is 0 Å². The molecule has 0 aromatic rings. The van der Waals surface area contributed by atoms with E-state index in [1.54, 1.807) is 0 Å². The molecule has 0 aliphatic carbocycles. The van der Waals surface area contributed by atoms with E-state index < -0.39 is 12.0 Å². The summed E-state index contributed by atoms with van der Waals surface area (Å²) < 4.78 is 0. The van der Waals surface area contributed by atoms with Gasteiger partial charge in [0, 0.05) is 19.4 Å². The maximum atomic E-state index is 11.7. The molecule has 0 aromatic carbocycles. The highest BCUT2D eigenvalue weighted by atomic mass is 16.4. The lowest BCUT2D eigenvalue weighted by atomic mass is 10.1. The third-order valence-electron chi connectivity index (χ3n) is 4.72. The van der Waals surface area contributed by atoms with Gasteiger partial charge in [-0.3, -0.25) is 4.79 Å². The number of unbranched alkanes of at least 4 members (excludes halogenated alkanes) is 11. The maximum Gasteiger partial charge on any atom is 0.326 e. The fourth-order valence-corrected chi connectivity index (χ4v) is 3.01. The zero-order valence-electron chi connectivity index (χ0n) is 17.3. The number of rotatable bonds is 19. The largest absolute Gasteiger partial charge is 0.480 e. The first-order valence-electron chi connectivity index (χ1n) is 10.9. The molecule has 5 heteroatoms. The van der Waals surface area contributed by atoms with Crippen LogP contribution in [0.25, 0.3) is 0 Å². The van der Waals surface area contributed by atoms with E-state index in [4.69, 9.17) is 10.2 Å². The summed E-state index contributed by atoms with van der Waals surface area (Å²) in [4.78, 5) is 22.6. The molecule has 0 spiro atoms. The minimum Gasteiger partial charge on any atom is -0.480 e. The molecule has 1 amide bonds. The van der Waals surface area contributed by atoms with E-state index in [1.165, 1.54) is 57.8 Å². The van der Waals surface area contributed by atoms with Crippen molar-refractivity contribution in [1.82, 2.24) is 5.32 Å². The van der Waals surface area contributed by atoms with E-state index in [1.807, 2.05) is 0 Å². The third-order valence-corrected chi connectivity index (χ3v) is 4.72. The summed E-state index contributed by atoms with van der Waals surface area (Å²) in [5.74, 6) is -1.34. The van der Waals surface area contributed by atoms with Gasteiger partial charge in [0.1, 0.15) is 6.04 Å². The highest BCUT2D eigenvalue weighted by Gasteiger charge is 2.18. The van der Waals surface area contributed by atoms with Crippen LogP contribution in [0.5, 0.6) is 0 Å². The molecular formula is C22H41NO4. The molecule has 5 nitrogen and oxygen atoms in total. The van der Waals surface area contributed by atoms with Crippen molar-refractivity contribution >= 4 is 11.9 Å². The highest BCUT2D eigenvalue weighted by molar-refractivity contribution is 5.83. The van der Waals surface area contributed by atoms with Crippen molar-refractivity contribution in [3.8, 4) is 0 Å². The Kier molecular flexibility index (Phi) is 18.4. The van der Waals surface area contributed by atoms with Gasteiger partial charge in [-0.25, -0.2) is 4.79 Å². The van der Waals surface area contributed by atoms with Crippen molar-refractivity contribution in [3.05, 3.63) is 12.2 Å². The summed E-state index contributed by atoms with van der Waals surface area (Å²) in [6.45, 7) is 2.00. The lowest BCUT2D eigenvalue weighted by Crippen LogP contribution is -2.41. The standard InChI is InChI=1S/C22H41NO4/c1-2-3-4-5-6-7-8-9-10-11-12-13-14-15-16-17-21(25)23-20(18-19-24)22(26)27/h9-10,20,24H,2-8,11-19H2,1H3,(H,23,25)(H,26,27)/b10-9-/t20-/m0/s1. The fourth-order valence-electron chi connectivity index (χ4n) is 3.01. The minimum absolute atomic E-state index is 0.0491. The Hall–Kier alpha value is -1.36. The summed E-state index contributed by atoms with van der Waals surface area (Å²) in [7, 11) is 0. The van der Waals surface area contributed by atoms with Crippen LogP contribution in [0.3, 0.4) is 0 Å². The average Bonchev–Trinajstić information content (AvgIpc) is 2.64. The molecule has 0 fully saturated rings. The van der Waals surface area contributed by atoms with Gasteiger partial charge in [-0.15, -0.1) is 0 Å². The molecule has 27 heavy (non-hydrogen) atoms. The summed E-state index contributed by atoms with van der Waals surface area (Å²) in [5.41, 5.74) is 0. The maximum absolute atomic E-state index is 11.7. The first-order valence-corrected chi connectivity index (χ1v) is 10.9. The third kappa shape index (κ3) is 17.8. The summed E-state index contributed by atoms with van der Waals surface area (Å²) in [6.07, 6.45) is 20.7. The number of carbonyl (C=O) groups excluding carboxylic acids is 1. The van der Waals surface area contributed by atoms with Crippen molar-refractivity contribution in [3.63, 3.8) is 0 Å². The predicted octanol–water partition coefficient (Wildman–Crippen LogP) is 4.98. The number of hydrogen-bond donors (Lipinski definition) is 3. The summed E-state index contributed by atoms with van der Waals surface area (Å²) in [5, 5.41) is 20.2. The number of nitrogens with one attached hydrogen (secondary N) is 1. The Morgan fingerprint density at radius 1 is 0.852 bits per heavy atom. The monoisotopic (exact) mass is 383 g/mol. The number of carbonyl (C=O) groups is 2. The normalized spacial score (nSPS) is 12.4. The highest BCUT2D eigenvalue weighted by Crippen LogP contribution is 2.10. The van der Waals surface area contributed by atoms with Crippen LogP contribution in [0.1, 0.15) is 103 Å². The number of carboxylic acids is 1. The molecule has 0 bridgehead atoms. The van der Waals surface area contributed by atoms with Gasteiger partial charge in [0.2, 0.25) is 5.91 Å². The fraction of sp³-hybridized carbons (Fsp3) is 0.818. The second-order valence-corrected chi connectivity index (χ2v) is 7.30. The van der Waals surface area contributed by atoms with E-state index in [0.29, 0.717) is 6.42 Å². The topological polar surface area (TPSA) is 86.6 Å². The number of amides is 1. The Labute approximate surface area is 165 Å². The number of aliphatic carboxylic acids is 1. The Morgan fingerprint density at radius 2 is 1.37 bits per heavy atom. The van der Waals surface area contributed by atoms with Crippen molar-refractivity contribution < 1.29 is 19.8 Å². The van der Waals surface area contributed by atoms with Crippen LogP contribution in [-0.2, 0) is 9.59 Å². The first kappa shape index (κ1) is 25.6. The van der Waals surface area contributed by atoms with Crippen LogP contribution in [0.4, 0.5) is 0 Å². The average molecular weight is 384 g/mol. The number of aliphatic hydroxyl groups is 1. The Bertz CT molecular complexity index is 396. The molecule has 0 aromatic heterocycles. The van der Waals surface area contributed by atoms with Crippen molar-refractivity contribution in [1.29, 1.82) is 0 Å². The van der Waals surface area contributed by atoms with Crippen molar-refractivity contribution in [2.75, 3.05) is 6.61 Å². The molecule has 158 valence electrons. The van der Waals surface area contributed by atoms with Crippen LogP contribution in [-0.4, -0.2) is 34.7 Å². The van der Waals surface area contributed by atoms with Gasteiger partial charge in [-0.05, 0) is 32.1 Å². The van der Waals surface area contributed by atoms with Gasteiger partial charge in [-0.2, -0.15) is 0 Å². The lowest BCUT2D eigenvalue weighted by molar-refractivity contribution is -0.142. The second-order valence-electron chi connectivity index (χ2n) is 7.30. The minimum atomic E-state index is -1.10. The van der Waals surface area contributed by atoms with E-state index >= 15 is 0 Å². The van der Waals surface area contributed by atoms with E-state index in [2.05, 4.69) is 24.4 Å². The zero-order valence-corrected chi connectivity index (χ0v) is 17.3. The van der Waals surface area contributed by atoms with Crippen LogP contribution in [0.15, 0.2) is 12.2 Å². The SMILES string of the molecule is CCCCCCCC/C=C\CCCCCCCC(=O)N[C@@H](CCO)C(=O)O. The number of aliphatic hydroxyl groups excluding tert-OH is 1. The molecule has 0 radical (unpaired) electrons. The van der Waals surface area contributed by atoms with Crippen molar-refractivity contribution in [2.45, 2.75) is 109 Å². The molecule has 0 unspecified atom stereocenters. The Balaban J connectivity index is 3.42. The molecule has 1 atom stereocenters. The number of carboxylic acid groups (broad SMARTS) is 1. The van der Waals surface area contributed by atoms with Gasteiger partial charge < -0.3 is 15.5 Å². The van der Waals surface area contributed by atoms with E-state index in [0.717, 1.165) is 25.7 Å². The van der Waals surface area contributed by atoms with Crippen LogP contribution < -0.4 is 5.32 Å². The molecule has 0 saturated heterocycles. The summed E-state index contributed by atoms with van der Waals surface area (Å²) in [6, 6.07) is -0.981. The molecule has 0 aliphatic heterocycles. The van der Waals surface area contributed by atoms with Crippen molar-refractivity contribution in [2.24, 2.45) is 0 Å². The molecule has 0 rings (SSSR count). The second kappa shape index (κ2) is 19.4. The molecule has 0 saturated carbocycles. The first-order chi connectivity index (χ1) is 13.1. The van der Waals surface area contributed by atoms with E-state index in [9.17, 15) is 9.59 Å². The summed E-state index contributed by atoms with van der Waals surface area (Å²) >= 11 is 0. The van der Waals surface area contributed by atoms with Gasteiger partial charge >= 0.3 is 5.97 Å². The number of hydrogen-bond acceptors (Lipinski definition) is 3. The molecule has 0 heterocycles. The quantitative estimate of drug-likeness (QED) is 0.217. The van der Waals surface area contributed by atoms with Gasteiger partial charge in [-0.1, -0.05) is 70.4 Å². The smallest absolute Gasteiger partial charge is 0.326 e. The lowest BCUT2D eigenvalue weighted by Gasteiger charge is -2.12. The van der Waals surface area contributed by atoms with Gasteiger partial charge in [0.15, 0.2) is 0 Å². The number of allylic oxidation sites excluding steroid dienone is 2. The molecular weight excluding hydrogens is 342 g/mol.